The zero-order valence-electron chi connectivity index (χ0n) is 20.1. The van der Waals surface area contributed by atoms with Crippen molar-refractivity contribution >= 4 is 17.7 Å². The second-order valence-electron chi connectivity index (χ2n) is 11.2. The van der Waals surface area contributed by atoms with Gasteiger partial charge in [-0.2, -0.15) is 0 Å². The Hall–Kier alpha value is -2.67. The monoisotopic (exact) mass is 466 g/mol. The van der Waals surface area contributed by atoms with Crippen molar-refractivity contribution in [1.82, 2.24) is 0 Å². The first kappa shape index (κ1) is 21.8. The van der Waals surface area contributed by atoms with E-state index in [1.165, 1.54) is 18.8 Å². The van der Waals surface area contributed by atoms with Crippen LogP contribution in [0.2, 0.25) is 0 Å². The first-order valence-corrected chi connectivity index (χ1v) is 12.0. The average Bonchev–Trinajstić information content (AvgIpc) is 3.54. The molecule has 1 aromatic heterocycles. The molecule has 6 rings (SSSR count). The molecular weight excluding hydrogens is 436 g/mol. The number of ether oxygens (including phenoxy) is 3. The number of carbonyl (C=O) groups excluding carboxylic acids is 3. The third-order valence-electron chi connectivity index (χ3n) is 9.91. The molecule has 2 saturated heterocycles. The van der Waals surface area contributed by atoms with E-state index in [4.69, 9.17) is 18.6 Å². The Kier molecular flexibility index (Phi) is 4.31. The number of carbonyl (C=O) groups is 3. The Morgan fingerprint density at radius 2 is 1.97 bits per heavy atom. The van der Waals surface area contributed by atoms with Gasteiger partial charge in [0.1, 0.15) is 12.2 Å². The molecule has 9 atom stereocenters. The molecule has 0 bridgehead atoms. The molecule has 5 aliphatic rings. The van der Waals surface area contributed by atoms with Crippen molar-refractivity contribution in [3.63, 3.8) is 0 Å². The second-order valence-corrected chi connectivity index (χ2v) is 11.2. The van der Waals surface area contributed by atoms with Gasteiger partial charge in [0.25, 0.3) is 0 Å². The highest BCUT2D eigenvalue weighted by Crippen LogP contribution is 2.72. The van der Waals surface area contributed by atoms with Crippen LogP contribution in [0.25, 0.3) is 0 Å². The Bertz CT molecular complexity index is 1160. The number of hydrogen-bond donors (Lipinski definition) is 0. The van der Waals surface area contributed by atoms with Crippen LogP contribution in [0, 0.1) is 28.1 Å². The van der Waals surface area contributed by atoms with Gasteiger partial charge in [-0.3, -0.25) is 14.4 Å². The average molecular weight is 467 g/mol. The van der Waals surface area contributed by atoms with Crippen molar-refractivity contribution in [2.24, 2.45) is 28.1 Å². The number of hydrogen-bond acceptors (Lipinski definition) is 7. The molecular formula is C27H30O7. The molecule has 0 unspecified atom stereocenters. The number of esters is 2. The van der Waals surface area contributed by atoms with E-state index < -0.39 is 40.3 Å². The molecule has 7 nitrogen and oxygen atoms in total. The Morgan fingerprint density at radius 1 is 1.21 bits per heavy atom. The molecule has 0 spiro atoms. The minimum atomic E-state index is -0.987. The largest absolute Gasteiger partial charge is 0.472 e. The number of ketones is 1. The van der Waals surface area contributed by atoms with Crippen LogP contribution in [0.4, 0.5) is 0 Å². The molecule has 3 fully saturated rings. The summed E-state index contributed by atoms with van der Waals surface area (Å²) in [6, 6.07) is 1.97. The van der Waals surface area contributed by atoms with Crippen molar-refractivity contribution in [2.75, 3.05) is 7.11 Å². The summed E-state index contributed by atoms with van der Waals surface area (Å²) >= 11 is 0. The molecule has 3 heterocycles. The van der Waals surface area contributed by atoms with Gasteiger partial charge in [0.15, 0.2) is 5.78 Å². The predicted molar refractivity (Wildman–Crippen MR) is 119 cm³/mol. The maximum absolute atomic E-state index is 13.7. The molecule has 0 amide bonds. The number of rotatable bonds is 3. The van der Waals surface area contributed by atoms with Crippen LogP contribution in [-0.4, -0.2) is 43.1 Å². The summed E-state index contributed by atoms with van der Waals surface area (Å²) < 4.78 is 23.2. The number of methoxy groups -OCH3 is 1. The van der Waals surface area contributed by atoms with Gasteiger partial charge < -0.3 is 18.6 Å². The van der Waals surface area contributed by atoms with Gasteiger partial charge >= 0.3 is 11.9 Å². The standard InChI is InChI=1S/C27H30O7/c1-13-15(14-7-9-32-12-14)10-16-20(13)27(4)17(11-19(29)31-5)26(3)18(28)6-8-25(2)22(26)21(23(27)33-16)34-24(25)30/h6-9,12,15-17,21-23H,10-11H2,1-5H3/t15-,16+,17+,21+,22-,23+,25+,26+,27+/m0/s1. The molecule has 3 aliphatic carbocycles. The highest BCUT2D eigenvalue weighted by Gasteiger charge is 2.77. The highest BCUT2D eigenvalue weighted by molar-refractivity contribution is 6.00. The molecule has 1 saturated carbocycles. The third-order valence-corrected chi connectivity index (χ3v) is 9.91. The Balaban J connectivity index is 1.58. The van der Waals surface area contributed by atoms with Gasteiger partial charge in [-0.15, -0.1) is 0 Å². The molecule has 0 aromatic carbocycles. The SMILES string of the molecule is COC(=O)C[C@H]1[C@]2(C)C3=C(C)[C@@H](c4ccoc4)C[C@H]3O[C@@H]2[C@@H]2OC(=O)[C@]3(C)C=CC(=O)[C@]1(C)[C@@H]23. The van der Waals surface area contributed by atoms with Gasteiger partial charge in [0, 0.05) is 22.7 Å². The van der Waals surface area contributed by atoms with E-state index in [1.807, 2.05) is 19.9 Å². The van der Waals surface area contributed by atoms with E-state index >= 15 is 0 Å². The number of allylic oxidation sites excluding steroid dienone is 2. The van der Waals surface area contributed by atoms with E-state index in [0.29, 0.717) is 0 Å². The predicted octanol–water partition coefficient (Wildman–Crippen LogP) is 3.74. The summed E-state index contributed by atoms with van der Waals surface area (Å²) in [6.07, 6.45) is 6.29. The minimum absolute atomic E-state index is 0.0658. The number of furan rings is 1. The van der Waals surface area contributed by atoms with Gasteiger partial charge in [-0.1, -0.05) is 25.5 Å². The number of fused-ring (bicyclic) bond motifs is 4. The van der Waals surface area contributed by atoms with Crippen molar-refractivity contribution in [3.05, 3.63) is 47.5 Å². The van der Waals surface area contributed by atoms with E-state index in [1.54, 1.807) is 18.6 Å². The summed E-state index contributed by atoms with van der Waals surface area (Å²) in [6.45, 7) is 7.96. The van der Waals surface area contributed by atoms with Crippen molar-refractivity contribution in [2.45, 2.75) is 64.8 Å². The molecule has 34 heavy (non-hydrogen) atoms. The first-order valence-electron chi connectivity index (χ1n) is 12.0. The Morgan fingerprint density at radius 3 is 2.65 bits per heavy atom. The summed E-state index contributed by atoms with van der Waals surface area (Å²) in [5.74, 6) is -1.46. The lowest BCUT2D eigenvalue weighted by atomic mass is 9.42. The highest BCUT2D eigenvalue weighted by atomic mass is 16.6. The van der Waals surface area contributed by atoms with Gasteiger partial charge in [0.05, 0.1) is 37.6 Å². The maximum atomic E-state index is 13.7. The molecule has 7 heteroatoms. The van der Waals surface area contributed by atoms with Crippen LogP contribution >= 0.6 is 0 Å². The summed E-state index contributed by atoms with van der Waals surface area (Å²) in [5, 5.41) is 0. The van der Waals surface area contributed by atoms with Gasteiger partial charge in [-0.25, -0.2) is 0 Å². The summed E-state index contributed by atoms with van der Waals surface area (Å²) in [4.78, 5) is 39.6. The fraction of sp³-hybridized carbons (Fsp3) is 0.593. The van der Waals surface area contributed by atoms with Crippen LogP contribution in [0.1, 0.15) is 52.0 Å². The van der Waals surface area contributed by atoms with Gasteiger partial charge in [0.2, 0.25) is 0 Å². The second kappa shape index (κ2) is 6.72. The molecule has 0 radical (unpaired) electrons. The van der Waals surface area contributed by atoms with Crippen LogP contribution in [0.3, 0.4) is 0 Å². The normalized spacial score (nSPS) is 46.3. The van der Waals surface area contributed by atoms with Crippen LogP contribution < -0.4 is 0 Å². The van der Waals surface area contributed by atoms with Crippen molar-refractivity contribution < 1.29 is 33.0 Å². The maximum Gasteiger partial charge on any atom is 0.316 e. The lowest BCUT2D eigenvalue weighted by Gasteiger charge is -2.59. The topological polar surface area (TPSA) is 92.0 Å². The van der Waals surface area contributed by atoms with Gasteiger partial charge in [-0.05, 0) is 49.5 Å². The van der Waals surface area contributed by atoms with Crippen molar-refractivity contribution in [1.29, 1.82) is 0 Å². The fourth-order valence-corrected chi connectivity index (χ4v) is 8.41. The smallest absolute Gasteiger partial charge is 0.316 e. The minimum Gasteiger partial charge on any atom is -0.472 e. The zero-order valence-corrected chi connectivity index (χ0v) is 20.1. The van der Waals surface area contributed by atoms with E-state index in [-0.39, 0.29) is 36.2 Å². The lowest BCUT2D eigenvalue weighted by molar-refractivity contribution is -0.190. The van der Waals surface area contributed by atoms with E-state index in [0.717, 1.165) is 17.6 Å². The summed E-state index contributed by atoms with van der Waals surface area (Å²) in [5.41, 5.74) is 0.794. The first-order chi connectivity index (χ1) is 16.1. The third kappa shape index (κ3) is 2.34. The molecule has 1 aromatic rings. The summed E-state index contributed by atoms with van der Waals surface area (Å²) in [7, 11) is 1.37. The van der Waals surface area contributed by atoms with Crippen LogP contribution in [0.5, 0.6) is 0 Å². The molecule has 180 valence electrons. The molecule has 0 N–H and O–H groups in total. The van der Waals surface area contributed by atoms with E-state index in [9.17, 15) is 14.4 Å². The Labute approximate surface area is 198 Å². The quantitative estimate of drug-likeness (QED) is 0.495. The molecule has 2 aliphatic heterocycles. The van der Waals surface area contributed by atoms with Crippen LogP contribution in [0.15, 0.2) is 46.3 Å². The lowest BCUT2D eigenvalue weighted by Crippen LogP contribution is -2.66. The zero-order chi connectivity index (χ0) is 24.2. The van der Waals surface area contributed by atoms with E-state index in [2.05, 4.69) is 13.8 Å². The van der Waals surface area contributed by atoms with Crippen molar-refractivity contribution in [3.8, 4) is 0 Å². The fourth-order valence-electron chi connectivity index (χ4n) is 8.41. The van der Waals surface area contributed by atoms with Crippen LogP contribution in [-0.2, 0) is 28.6 Å².